The highest BCUT2D eigenvalue weighted by Gasteiger charge is 2.27. The van der Waals surface area contributed by atoms with E-state index in [0.717, 1.165) is 5.56 Å². The van der Waals surface area contributed by atoms with Gasteiger partial charge in [0.15, 0.2) is 0 Å². The van der Waals surface area contributed by atoms with Crippen LogP contribution < -0.4 is 5.73 Å². The van der Waals surface area contributed by atoms with Crippen molar-refractivity contribution >= 4 is 5.91 Å². The Morgan fingerprint density at radius 1 is 1.47 bits per heavy atom. The summed E-state index contributed by atoms with van der Waals surface area (Å²) in [4.78, 5) is 13.1. The van der Waals surface area contributed by atoms with Gasteiger partial charge in [-0.2, -0.15) is 0 Å². The Morgan fingerprint density at radius 2 is 2.20 bits per heavy atom. The topological polar surface area (TPSA) is 66.6 Å². The number of nitrogens with zero attached hydrogens (tertiary/aromatic N) is 1. The number of aromatic hydroxyl groups is 1. The number of benzene rings is 1. The normalized spacial score (nSPS) is 21.0. The van der Waals surface area contributed by atoms with Gasteiger partial charge in [-0.05, 0) is 6.07 Å². The molecule has 1 aliphatic rings. The zero-order chi connectivity index (χ0) is 10.8. The number of para-hydroxylation sites is 1. The molecular weight excluding hydrogens is 192 g/mol. The van der Waals surface area contributed by atoms with E-state index in [1.807, 2.05) is 12.1 Å². The molecule has 1 unspecified atom stereocenters. The smallest absolute Gasteiger partial charge is 0.224 e. The summed E-state index contributed by atoms with van der Waals surface area (Å²) in [5.74, 6) is 0.288. The number of phenols is 1. The van der Waals surface area contributed by atoms with Gasteiger partial charge in [0.2, 0.25) is 5.91 Å². The molecule has 1 atom stereocenters. The molecule has 0 spiro atoms. The molecule has 4 nitrogen and oxygen atoms in total. The van der Waals surface area contributed by atoms with Crippen LogP contribution in [-0.2, 0) is 11.3 Å². The van der Waals surface area contributed by atoms with Gasteiger partial charge in [-0.15, -0.1) is 0 Å². The van der Waals surface area contributed by atoms with Crippen LogP contribution in [0.5, 0.6) is 5.75 Å². The second-order valence-electron chi connectivity index (χ2n) is 3.87. The molecule has 15 heavy (non-hydrogen) atoms. The van der Waals surface area contributed by atoms with E-state index in [-0.39, 0.29) is 17.7 Å². The zero-order valence-corrected chi connectivity index (χ0v) is 8.39. The van der Waals surface area contributed by atoms with Crippen LogP contribution >= 0.6 is 0 Å². The van der Waals surface area contributed by atoms with Crippen LogP contribution in [0, 0.1) is 0 Å². The van der Waals surface area contributed by atoms with E-state index in [4.69, 9.17) is 5.73 Å². The first-order valence-corrected chi connectivity index (χ1v) is 4.97. The number of rotatable bonds is 2. The minimum absolute atomic E-state index is 0.0609. The predicted molar refractivity (Wildman–Crippen MR) is 56.1 cm³/mol. The molecular formula is C11H14N2O2. The summed E-state index contributed by atoms with van der Waals surface area (Å²) in [6.07, 6.45) is 0.410. The summed E-state index contributed by atoms with van der Waals surface area (Å²) in [5, 5.41) is 9.55. The van der Waals surface area contributed by atoms with Crippen LogP contribution in [-0.4, -0.2) is 28.5 Å². The van der Waals surface area contributed by atoms with Gasteiger partial charge in [0.25, 0.3) is 0 Å². The van der Waals surface area contributed by atoms with E-state index in [0.29, 0.717) is 19.5 Å². The van der Waals surface area contributed by atoms with Crippen LogP contribution in [0.1, 0.15) is 12.0 Å². The van der Waals surface area contributed by atoms with Crippen molar-refractivity contribution in [1.29, 1.82) is 0 Å². The van der Waals surface area contributed by atoms with Gasteiger partial charge in [-0.25, -0.2) is 0 Å². The highest BCUT2D eigenvalue weighted by atomic mass is 16.3. The Bertz CT molecular complexity index is 379. The Kier molecular flexibility index (Phi) is 2.60. The third-order valence-electron chi connectivity index (χ3n) is 2.60. The van der Waals surface area contributed by atoms with Crippen LogP contribution in [0.25, 0.3) is 0 Å². The zero-order valence-electron chi connectivity index (χ0n) is 8.39. The number of amides is 1. The van der Waals surface area contributed by atoms with Crippen molar-refractivity contribution in [3.63, 3.8) is 0 Å². The third-order valence-corrected chi connectivity index (χ3v) is 2.60. The van der Waals surface area contributed by atoms with E-state index in [2.05, 4.69) is 0 Å². The summed E-state index contributed by atoms with van der Waals surface area (Å²) >= 11 is 0. The van der Waals surface area contributed by atoms with Crippen molar-refractivity contribution in [2.75, 3.05) is 6.54 Å². The molecule has 1 fully saturated rings. The van der Waals surface area contributed by atoms with E-state index in [1.165, 1.54) is 0 Å². The maximum Gasteiger partial charge on any atom is 0.224 e. The largest absolute Gasteiger partial charge is 0.508 e. The monoisotopic (exact) mass is 206 g/mol. The Morgan fingerprint density at radius 3 is 2.80 bits per heavy atom. The molecule has 1 aromatic carbocycles. The molecule has 4 heteroatoms. The van der Waals surface area contributed by atoms with E-state index < -0.39 is 0 Å². The number of hydrogen-bond acceptors (Lipinski definition) is 3. The van der Waals surface area contributed by atoms with Gasteiger partial charge in [0.05, 0.1) is 0 Å². The van der Waals surface area contributed by atoms with Gasteiger partial charge in [-0.3, -0.25) is 4.79 Å². The van der Waals surface area contributed by atoms with Gasteiger partial charge in [0.1, 0.15) is 5.75 Å². The summed E-state index contributed by atoms with van der Waals surface area (Å²) in [7, 11) is 0. The molecule has 2 rings (SSSR count). The third kappa shape index (κ3) is 2.10. The summed E-state index contributed by atoms with van der Waals surface area (Å²) in [6.45, 7) is 1.02. The predicted octanol–water partition coefficient (Wildman–Crippen LogP) is 0.452. The molecule has 3 N–H and O–H groups in total. The molecule has 80 valence electrons. The van der Waals surface area contributed by atoms with Crippen molar-refractivity contribution in [2.24, 2.45) is 5.73 Å². The highest BCUT2D eigenvalue weighted by Crippen LogP contribution is 2.20. The molecule has 1 aliphatic heterocycles. The number of hydrogen-bond donors (Lipinski definition) is 2. The minimum atomic E-state index is -0.0663. The minimum Gasteiger partial charge on any atom is -0.508 e. The molecule has 1 saturated heterocycles. The van der Waals surface area contributed by atoms with Crippen molar-refractivity contribution in [3.8, 4) is 5.75 Å². The standard InChI is InChI=1S/C11H14N2O2/c12-9-5-11(15)13(7-9)6-8-3-1-2-4-10(8)14/h1-4,9,14H,5-7,12H2. The Labute approximate surface area is 88.3 Å². The lowest BCUT2D eigenvalue weighted by Gasteiger charge is -2.16. The molecule has 0 saturated carbocycles. The lowest BCUT2D eigenvalue weighted by atomic mass is 10.2. The van der Waals surface area contributed by atoms with Crippen molar-refractivity contribution in [2.45, 2.75) is 19.0 Å². The van der Waals surface area contributed by atoms with Crippen LogP contribution in [0.15, 0.2) is 24.3 Å². The van der Waals surface area contributed by atoms with Crippen LogP contribution in [0.3, 0.4) is 0 Å². The Balaban J connectivity index is 2.09. The van der Waals surface area contributed by atoms with Gasteiger partial charge < -0.3 is 15.7 Å². The van der Waals surface area contributed by atoms with Gasteiger partial charge in [0, 0.05) is 31.1 Å². The lowest BCUT2D eigenvalue weighted by molar-refractivity contribution is -0.128. The SMILES string of the molecule is NC1CC(=O)N(Cc2ccccc2O)C1. The molecule has 0 aromatic heterocycles. The number of phenolic OH excluding ortho intramolecular Hbond substituents is 1. The van der Waals surface area contributed by atoms with Crippen molar-refractivity contribution < 1.29 is 9.90 Å². The number of nitrogens with two attached hydrogens (primary N) is 1. The first-order chi connectivity index (χ1) is 7.16. The molecule has 0 bridgehead atoms. The first-order valence-electron chi connectivity index (χ1n) is 4.97. The van der Waals surface area contributed by atoms with Gasteiger partial charge in [-0.1, -0.05) is 18.2 Å². The second kappa shape index (κ2) is 3.90. The summed E-state index contributed by atoms with van der Waals surface area (Å²) in [5.41, 5.74) is 6.45. The number of carbonyl (C=O) groups is 1. The average Bonchev–Trinajstić information content (AvgIpc) is 2.49. The maximum absolute atomic E-state index is 11.5. The number of carbonyl (C=O) groups excluding carboxylic acids is 1. The molecule has 1 heterocycles. The van der Waals surface area contributed by atoms with Crippen LogP contribution in [0.4, 0.5) is 0 Å². The second-order valence-corrected chi connectivity index (χ2v) is 3.87. The molecule has 1 aromatic rings. The van der Waals surface area contributed by atoms with Crippen LogP contribution in [0.2, 0.25) is 0 Å². The quantitative estimate of drug-likeness (QED) is 0.738. The van der Waals surface area contributed by atoms with E-state index in [1.54, 1.807) is 17.0 Å². The van der Waals surface area contributed by atoms with Crippen molar-refractivity contribution in [1.82, 2.24) is 4.90 Å². The summed E-state index contributed by atoms with van der Waals surface area (Å²) in [6, 6.07) is 6.97. The van der Waals surface area contributed by atoms with E-state index >= 15 is 0 Å². The summed E-state index contributed by atoms with van der Waals surface area (Å²) < 4.78 is 0. The highest BCUT2D eigenvalue weighted by molar-refractivity contribution is 5.79. The average molecular weight is 206 g/mol. The lowest BCUT2D eigenvalue weighted by Crippen LogP contribution is -2.27. The molecule has 1 amide bonds. The maximum atomic E-state index is 11.5. The fourth-order valence-corrected chi connectivity index (χ4v) is 1.81. The van der Waals surface area contributed by atoms with E-state index in [9.17, 15) is 9.90 Å². The van der Waals surface area contributed by atoms with Gasteiger partial charge >= 0.3 is 0 Å². The van der Waals surface area contributed by atoms with Crippen molar-refractivity contribution in [3.05, 3.63) is 29.8 Å². The fourth-order valence-electron chi connectivity index (χ4n) is 1.81. The molecule has 0 radical (unpaired) electrons. The first kappa shape index (κ1) is 9.98. The fraction of sp³-hybridized carbons (Fsp3) is 0.364. The Hall–Kier alpha value is -1.55. The number of likely N-dealkylation sites (tertiary alicyclic amines) is 1. The molecule has 0 aliphatic carbocycles.